The number of alkyl halides is 1. The van der Waals surface area contributed by atoms with Gasteiger partial charge in [0.1, 0.15) is 0 Å². The molecule has 0 aromatic rings. The standard InChI is InChI=1S/C6H14ClO3P/c7-5-3-1-2-4-6-10-11(8)9/h11H,1-6H2,(H,8,9). The number of hydrogen-bond donors (Lipinski definition) is 1. The molecule has 0 aliphatic rings. The normalized spacial score (nSPS) is 13.3. The summed E-state index contributed by atoms with van der Waals surface area (Å²) in [6, 6.07) is 0. The van der Waals surface area contributed by atoms with Crippen molar-refractivity contribution in [1.29, 1.82) is 0 Å². The summed E-state index contributed by atoms with van der Waals surface area (Å²) < 4.78 is 14.5. The summed E-state index contributed by atoms with van der Waals surface area (Å²) in [7, 11) is -2.70. The molecule has 0 saturated heterocycles. The maximum atomic E-state index is 10.0. The van der Waals surface area contributed by atoms with E-state index in [2.05, 4.69) is 4.52 Å². The van der Waals surface area contributed by atoms with Crippen LogP contribution in [0.4, 0.5) is 0 Å². The molecule has 0 heterocycles. The molecule has 68 valence electrons. The zero-order valence-electron chi connectivity index (χ0n) is 6.38. The highest BCUT2D eigenvalue weighted by Crippen LogP contribution is 2.15. The molecule has 3 nitrogen and oxygen atoms in total. The van der Waals surface area contributed by atoms with E-state index in [9.17, 15) is 4.57 Å². The lowest BCUT2D eigenvalue weighted by Crippen LogP contribution is -1.87. The van der Waals surface area contributed by atoms with Crippen LogP contribution in [0.25, 0.3) is 0 Å². The molecule has 0 radical (unpaired) electrons. The molecular formula is C6H14ClO3P. The maximum absolute atomic E-state index is 10.0. The van der Waals surface area contributed by atoms with E-state index in [0.717, 1.165) is 25.7 Å². The van der Waals surface area contributed by atoms with Crippen molar-refractivity contribution in [2.45, 2.75) is 25.7 Å². The smallest absolute Gasteiger partial charge is 0.316 e. The van der Waals surface area contributed by atoms with Crippen LogP contribution >= 0.6 is 19.9 Å². The van der Waals surface area contributed by atoms with Gasteiger partial charge < -0.3 is 9.42 Å². The van der Waals surface area contributed by atoms with Crippen LogP contribution in [0.5, 0.6) is 0 Å². The van der Waals surface area contributed by atoms with Gasteiger partial charge >= 0.3 is 8.25 Å². The van der Waals surface area contributed by atoms with E-state index in [-0.39, 0.29) is 0 Å². The van der Waals surface area contributed by atoms with Gasteiger partial charge in [0.25, 0.3) is 0 Å². The molecule has 1 unspecified atom stereocenters. The molecule has 0 saturated carbocycles. The monoisotopic (exact) mass is 200 g/mol. The molecule has 0 fully saturated rings. The van der Waals surface area contributed by atoms with Crippen LogP contribution in [0.3, 0.4) is 0 Å². The lowest BCUT2D eigenvalue weighted by molar-refractivity contribution is 0.274. The SMILES string of the molecule is O=[PH](O)OCCCCCCCl. The van der Waals surface area contributed by atoms with Crippen LogP contribution in [0.1, 0.15) is 25.7 Å². The first-order valence-corrected chi connectivity index (χ1v) is 5.49. The minimum absolute atomic E-state index is 0.385. The minimum Gasteiger partial charge on any atom is -0.326 e. The number of hydrogen-bond acceptors (Lipinski definition) is 2. The molecular weight excluding hydrogens is 186 g/mol. The average molecular weight is 201 g/mol. The Balaban J connectivity index is 2.85. The van der Waals surface area contributed by atoms with Crippen molar-refractivity contribution in [2.24, 2.45) is 0 Å². The zero-order chi connectivity index (χ0) is 8.53. The molecule has 11 heavy (non-hydrogen) atoms. The molecule has 5 heteroatoms. The van der Waals surface area contributed by atoms with Gasteiger partial charge in [-0.3, -0.25) is 4.57 Å². The molecule has 0 bridgehead atoms. The highest BCUT2D eigenvalue weighted by Gasteiger charge is 1.92. The molecule has 0 aliphatic carbocycles. The van der Waals surface area contributed by atoms with E-state index in [1.54, 1.807) is 0 Å². The van der Waals surface area contributed by atoms with Gasteiger partial charge in [0, 0.05) is 5.88 Å². The first kappa shape index (κ1) is 11.4. The van der Waals surface area contributed by atoms with E-state index < -0.39 is 8.25 Å². The zero-order valence-corrected chi connectivity index (χ0v) is 8.14. The first-order valence-electron chi connectivity index (χ1n) is 3.69. The van der Waals surface area contributed by atoms with E-state index in [0.29, 0.717) is 12.5 Å². The maximum Gasteiger partial charge on any atom is 0.316 e. The number of unbranched alkanes of at least 4 members (excludes halogenated alkanes) is 3. The Morgan fingerprint density at radius 3 is 2.45 bits per heavy atom. The Labute approximate surface area is 72.7 Å². The molecule has 0 amide bonds. The number of rotatable bonds is 7. The predicted molar refractivity (Wildman–Crippen MR) is 46.4 cm³/mol. The third kappa shape index (κ3) is 10.4. The van der Waals surface area contributed by atoms with Crippen LogP contribution in [-0.2, 0) is 9.09 Å². The second-order valence-corrected chi connectivity index (χ2v) is 3.42. The topological polar surface area (TPSA) is 46.5 Å². The van der Waals surface area contributed by atoms with Crippen molar-refractivity contribution in [1.82, 2.24) is 0 Å². The van der Waals surface area contributed by atoms with E-state index in [4.69, 9.17) is 16.5 Å². The van der Waals surface area contributed by atoms with Gasteiger partial charge in [0.05, 0.1) is 6.61 Å². The van der Waals surface area contributed by atoms with Gasteiger partial charge in [0.2, 0.25) is 0 Å². The molecule has 0 spiro atoms. The molecule has 0 rings (SSSR count). The predicted octanol–water partition coefficient (Wildman–Crippen LogP) is 2.18. The van der Waals surface area contributed by atoms with Gasteiger partial charge in [-0.25, -0.2) is 0 Å². The summed E-state index contributed by atoms with van der Waals surface area (Å²) in [6.45, 7) is 0.385. The summed E-state index contributed by atoms with van der Waals surface area (Å²) in [5.74, 6) is 0.692. The lowest BCUT2D eigenvalue weighted by atomic mass is 10.2. The Morgan fingerprint density at radius 1 is 1.27 bits per heavy atom. The Bertz CT molecular complexity index is 110. The van der Waals surface area contributed by atoms with Gasteiger partial charge in [-0.2, -0.15) is 0 Å². The summed E-state index contributed by atoms with van der Waals surface area (Å²) in [6.07, 6.45) is 3.94. The fourth-order valence-electron chi connectivity index (χ4n) is 0.710. The molecule has 0 aromatic heterocycles. The second-order valence-electron chi connectivity index (χ2n) is 2.22. The quantitative estimate of drug-likeness (QED) is 0.389. The Morgan fingerprint density at radius 2 is 1.91 bits per heavy atom. The third-order valence-electron chi connectivity index (χ3n) is 1.25. The fourth-order valence-corrected chi connectivity index (χ4v) is 1.22. The Hall–Kier alpha value is 0.440. The van der Waals surface area contributed by atoms with Crippen molar-refractivity contribution in [2.75, 3.05) is 12.5 Å². The van der Waals surface area contributed by atoms with E-state index in [1.807, 2.05) is 0 Å². The van der Waals surface area contributed by atoms with Crippen molar-refractivity contribution < 1.29 is 14.0 Å². The van der Waals surface area contributed by atoms with Gasteiger partial charge in [-0.05, 0) is 12.8 Å². The van der Waals surface area contributed by atoms with Crippen LogP contribution in [0, 0.1) is 0 Å². The molecule has 1 atom stereocenters. The summed E-state index contributed by atoms with van der Waals surface area (Å²) in [4.78, 5) is 8.26. The second kappa shape index (κ2) is 8.54. The summed E-state index contributed by atoms with van der Waals surface area (Å²) in [5, 5.41) is 0. The minimum atomic E-state index is -2.70. The van der Waals surface area contributed by atoms with E-state index in [1.165, 1.54) is 0 Å². The van der Waals surface area contributed by atoms with Gasteiger partial charge in [-0.1, -0.05) is 12.8 Å². The molecule has 0 aromatic carbocycles. The lowest BCUT2D eigenvalue weighted by Gasteiger charge is -1.98. The highest BCUT2D eigenvalue weighted by atomic mass is 35.5. The first-order chi connectivity index (χ1) is 5.27. The average Bonchev–Trinajstić information content (AvgIpc) is 1.96. The highest BCUT2D eigenvalue weighted by molar-refractivity contribution is 7.32. The van der Waals surface area contributed by atoms with Crippen molar-refractivity contribution in [3.8, 4) is 0 Å². The van der Waals surface area contributed by atoms with Crippen LogP contribution in [-0.4, -0.2) is 17.4 Å². The Kier molecular flexibility index (Phi) is 8.88. The fraction of sp³-hybridized carbons (Fsp3) is 1.00. The van der Waals surface area contributed by atoms with Crippen molar-refractivity contribution in [3.63, 3.8) is 0 Å². The van der Waals surface area contributed by atoms with Crippen molar-refractivity contribution in [3.05, 3.63) is 0 Å². The number of halogens is 1. The summed E-state index contributed by atoms with van der Waals surface area (Å²) in [5.41, 5.74) is 0. The summed E-state index contributed by atoms with van der Waals surface area (Å²) >= 11 is 5.45. The molecule has 1 N–H and O–H groups in total. The van der Waals surface area contributed by atoms with Crippen LogP contribution in [0.2, 0.25) is 0 Å². The van der Waals surface area contributed by atoms with Gasteiger partial charge in [-0.15, -0.1) is 11.6 Å². The third-order valence-corrected chi connectivity index (χ3v) is 1.97. The largest absolute Gasteiger partial charge is 0.326 e. The van der Waals surface area contributed by atoms with Crippen molar-refractivity contribution >= 4 is 19.9 Å². The van der Waals surface area contributed by atoms with Crippen LogP contribution < -0.4 is 0 Å². The van der Waals surface area contributed by atoms with E-state index >= 15 is 0 Å². The van der Waals surface area contributed by atoms with Gasteiger partial charge in [0.15, 0.2) is 0 Å². The van der Waals surface area contributed by atoms with Crippen LogP contribution in [0.15, 0.2) is 0 Å². The molecule has 0 aliphatic heterocycles.